The topological polar surface area (TPSA) is 81.3 Å². The zero-order valence-corrected chi connectivity index (χ0v) is 19.7. The Morgan fingerprint density at radius 1 is 0.941 bits per heavy atom. The van der Waals surface area contributed by atoms with Gasteiger partial charge >= 0.3 is 11.7 Å². The number of halogens is 1. The van der Waals surface area contributed by atoms with Crippen molar-refractivity contribution >= 4 is 11.9 Å². The summed E-state index contributed by atoms with van der Waals surface area (Å²) in [5.41, 5.74) is 2.60. The van der Waals surface area contributed by atoms with Gasteiger partial charge in [-0.25, -0.2) is 18.5 Å². The van der Waals surface area contributed by atoms with Crippen LogP contribution < -0.4 is 5.69 Å². The zero-order chi connectivity index (χ0) is 24.7. The second-order valence-corrected chi connectivity index (χ2v) is 8.38. The number of rotatable bonds is 11. The van der Waals surface area contributed by atoms with E-state index in [9.17, 15) is 23.9 Å². The molecule has 6 nitrogen and oxygen atoms in total. The summed E-state index contributed by atoms with van der Waals surface area (Å²) in [5, 5.41) is 9.46. The lowest BCUT2D eigenvalue weighted by Gasteiger charge is -2.10. The molecule has 0 unspecified atom stereocenters. The van der Waals surface area contributed by atoms with Crippen LogP contribution in [0.2, 0.25) is 0 Å². The number of aromatic carboxylic acids is 1. The first-order valence-electron chi connectivity index (χ1n) is 11.8. The molecule has 1 aromatic heterocycles. The van der Waals surface area contributed by atoms with Gasteiger partial charge in [-0.1, -0.05) is 69.2 Å². The van der Waals surface area contributed by atoms with Crippen LogP contribution in [0.4, 0.5) is 4.39 Å². The lowest BCUT2D eigenvalue weighted by Crippen LogP contribution is -2.30. The van der Waals surface area contributed by atoms with Crippen molar-refractivity contribution in [3.8, 4) is 11.1 Å². The molecule has 0 saturated carbocycles. The Bertz CT molecular complexity index is 1210. The highest BCUT2D eigenvalue weighted by Crippen LogP contribution is 2.25. The van der Waals surface area contributed by atoms with Crippen LogP contribution >= 0.6 is 0 Å². The third-order valence-electron chi connectivity index (χ3n) is 6.00. The summed E-state index contributed by atoms with van der Waals surface area (Å²) < 4.78 is 16.6. The van der Waals surface area contributed by atoms with E-state index in [0.29, 0.717) is 24.1 Å². The highest BCUT2D eigenvalue weighted by molar-refractivity contribution is 5.96. The fraction of sp³-hybridized carbons (Fsp3) is 0.370. The Morgan fingerprint density at radius 2 is 1.62 bits per heavy atom. The van der Waals surface area contributed by atoms with Crippen LogP contribution in [0, 0.1) is 0 Å². The summed E-state index contributed by atoms with van der Waals surface area (Å²) >= 11 is 0. The molecule has 2 aromatic carbocycles. The number of benzene rings is 2. The summed E-state index contributed by atoms with van der Waals surface area (Å²) in [7, 11) is 0. The van der Waals surface area contributed by atoms with E-state index in [-0.39, 0.29) is 30.1 Å². The summed E-state index contributed by atoms with van der Waals surface area (Å²) in [4.78, 5) is 37.5. The van der Waals surface area contributed by atoms with Crippen LogP contribution in [0.15, 0.2) is 53.3 Å². The highest BCUT2D eigenvalue weighted by atomic mass is 19.1. The van der Waals surface area contributed by atoms with Crippen LogP contribution in [-0.4, -0.2) is 26.1 Å². The summed E-state index contributed by atoms with van der Waals surface area (Å²) in [6.45, 7) is 3.32. The number of unbranched alkanes of at least 4 members (excludes halogenated alkanes) is 2. The van der Waals surface area contributed by atoms with E-state index in [1.807, 2.05) is 38.1 Å². The first-order chi connectivity index (χ1) is 16.4. The molecular formula is C27H31FN2O4. The maximum atomic E-state index is 14.1. The normalized spacial score (nSPS) is 11.0. The molecule has 0 saturated heterocycles. The molecule has 0 spiro atoms. The van der Waals surface area contributed by atoms with Crippen molar-refractivity contribution in [2.24, 2.45) is 0 Å². The van der Waals surface area contributed by atoms with Crippen LogP contribution in [0.3, 0.4) is 0 Å². The summed E-state index contributed by atoms with van der Waals surface area (Å²) in [5.74, 6) is -1.36. The smallest absolute Gasteiger partial charge is 0.336 e. The first kappa shape index (κ1) is 25.1. The number of carbonyl (C=O) groups is 2. The predicted octanol–water partition coefficient (Wildman–Crippen LogP) is 5.71. The number of aromatic nitrogens is 2. The second-order valence-electron chi connectivity index (χ2n) is 8.38. The van der Waals surface area contributed by atoms with Gasteiger partial charge in [0.2, 0.25) is 5.91 Å². The Morgan fingerprint density at radius 3 is 2.24 bits per heavy atom. The fourth-order valence-electron chi connectivity index (χ4n) is 4.15. The SMILES string of the molecule is CCCCC(=O)n1c(CF)c(CCCC)n(Cc2ccc(-c3ccccc3C(=O)O)cc2)c1=O. The van der Waals surface area contributed by atoms with Gasteiger partial charge in [0.15, 0.2) is 0 Å². The first-order valence-corrected chi connectivity index (χ1v) is 11.8. The van der Waals surface area contributed by atoms with Crippen molar-refractivity contribution in [3.63, 3.8) is 0 Å². The van der Waals surface area contributed by atoms with Gasteiger partial charge in [-0.15, -0.1) is 0 Å². The van der Waals surface area contributed by atoms with Crippen molar-refractivity contribution in [3.05, 3.63) is 81.5 Å². The van der Waals surface area contributed by atoms with E-state index in [0.717, 1.165) is 35.0 Å². The zero-order valence-electron chi connectivity index (χ0n) is 19.7. The Hall–Kier alpha value is -3.48. The molecule has 0 radical (unpaired) electrons. The molecule has 0 fully saturated rings. The van der Waals surface area contributed by atoms with Gasteiger partial charge in [-0.3, -0.25) is 9.36 Å². The molecule has 0 bridgehead atoms. The van der Waals surface area contributed by atoms with Gasteiger partial charge in [-0.2, -0.15) is 0 Å². The van der Waals surface area contributed by atoms with Crippen LogP contribution in [-0.2, 0) is 19.6 Å². The van der Waals surface area contributed by atoms with Crippen LogP contribution in [0.5, 0.6) is 0 Å². The highest BCUT2D eigenvalue weighted by Gasteiger charge is 2.23. The monoisotopic (exact) mass is 466 g/mol. The Labute approximate surface area is 198 Å². The molecule has 3 rings (SSSR count). The van der Waals surface area contributed by atoms with E-state index in [4.69, 9.17) is 0 Å². The predicted molar refractivity (Wildman–Crippen MR) is 130 cm³/mol. The van der Waals surface area contributed by atoms with E-state index < -0.39 is 18.3 Å². The van der Waals surface area contributed by atoms with Crippen molar-refractivity contribution < 1.29 is 19.1 Å². The van der Waals surface area contributed by atoms with Crippen LogP contribution in [0.25, 0.3) is 11.1 Å². The van der Waals surface area contributed by atoms with Gasteiger partial charge in [-0.05, 0) is 42.0 Å². The minimum atomic E-state index is -1.00. The molecular weight excluding hydrogens is 435 g/mol. The number of alkyl halides is 1. The minimum absolute atomic E-state index is 0.159. The standard InChI is InChI=1S/C27H31FN2O4/c1-3-5-11-23-24(17-28)30(25(31)12-6-4-2)27(34)29(23)18-19-13-15-20(16-14-19)21-9-7-8-10-22(21)26(32)33/h7-10,13-16H,3-6,11-12,17-18H2,1-2H3,(H,32,33). The van der Waals surface area contributed by atoms with Crippen molar-refractivity contribution in [2.75, 3.05) is 0 Å². The second kappa shape index (κ2) is 11.6. The fourth-order valence-corrected chi connectivity index (χ4v) is 4.15. The lowest BCUT2D eigenvalue weighted by molar-refractivity contribution is 0.0697. The number of nitrogens with zero attached hydrogens (tertiary/aromatic N) is 2. The van der Waals surface area contributed by atoms with Crippen LogP contribution in [0.1, 0.15) is 78.1 Å². The third-order valence-corrected chi connectivity index (χ3v) is 6.00. The number of hydrogen-bond donors (Lipinski definition) is 1. The van der Waals surface area contributed by atoms with Crippen molar-refractivity contribution in [2.45, 2.75) is 65.6 Å². The molecule has 180 valence electrons. The summed E-state index contributed by atoms with van der Waals surface area (Å²) in [6.07, 6.45) is 3.84. The van der Waals surface area contributed by atoms with E-state index in [1.165, 1.54) is 4.57 Å². The number of imidazole rings is 1. The molecule has 0 aliphatic rings. The van der Waals surface area contributed by atoms with Gasteiger partial charge < -0.3 is 5.11 Å². The number of carbonyl (C=O) groups excluding carboxylic acids is 1. The van der Waals surface area contributed by atoms with E-state index in [2.05, 4.69) is 0 Å². The largest absolute Gasteiger partial charge is 0.478 e. The molecule has 1 heterocycles. The Kier molecular flexibility index (Phi) is 8.57. The molecule has 34 heavy (non-hydrogen) atoms. The molecule has 3 aromatic rings. The van der Waals surface area contributed by atoms with Crippen molar-refractivity contribution in [1.29, 1.82) is 0 Å². The number of carboxylic acids is 1. The molecule has 0 atom stereocenters. The molecule has 0 amide bonds. The maximum absolute atomic E-state index is 14.1. The number of hydrogen-bond acceptors (Lipinski definition) is 3. The molecule has 0 aliphatic heterocycles. The third kappa shape index (κ3) is 5.35. The number of carboxylic acid groups (broad SMARTS) is 1. The average molecular weight is 467 g/mol. The minimum Gasteiger partial charge on any atom is -0.478 e. The Balaban J connectivity index is 1.98. The van der Waals surface area contributed by atoms with Crippen molar-refractivity contribution in [1.82, 2.24) is 9.13 Å². The average Bonchev–Trinajstić information content (AvgIpc) is 3.11. The molecule has 7 heteroatoms. The van der Waals surface area contributed by atoms with Gasteiger partial charge in [0.05, 0.1) is 17.8 Å². The lowest BCUT2D eigenvalue weighted by atomic mass is 9.99. The van der Waals surface area contributed by atoms with Gasteiger partial charge in [0, 0.05) is 12.1 Å². The quantitative estimate of drug-likeness (QED) is 0.393. The van der Waals surface area contributed by atoms with E-state index in [1.54, 1.807) is 24.3 Å². The maximum Gasteiger partial charge on any atom is 0.336 e. The molecule has 0 aliphatic carbocycles. The molecule has 1 N–H and O–H groups in total. The summed E-state index contributed by atoms with van der Waals surface area (Å²) in [6, 6.07) is 14.1. The van der Waals surface area contributed by atoms with E-state index >= 15 is 0 Å². The van der Waals surface area contributed by atoms with Gasteiger partial charge in [0.25, 0.3) is 0 Å². The van der Waals surface area contributed by atoms with Gasteiger partial charge in [0.1, 0.15) is 6.67 Å².